The summed E-state index contributed by atoms with van der Waals surface area (Å²) in [7, 11) is 0. The summed E-state index contributed by atoms with van der Waals surface area (Å²) in [6.45, 7) is 0. The van der Waals surface area contributed by atoms with Gasteiger partial charge in [-0.15, -0.1) is 0 Å². The monoisotopic (exact) mass is 445 g/mol. The van der Waals surface area contributed by atoms with Crippen LogP contribution in [0.25, 0.3) is 5.69 Å². The lowest BCUT2D eigenvalue weighted by Gasteiger charge is -2.28. The van der Waals surface area contributed by atoms with Gasteiger partial charge in [-0.2, -0.15) is 28.2 Å². The number of hydrogen-bond donors (Lipinski definition) is 0. The van der Waals surface area contributed by atoms with Crippen LogP contribution in [-0.4, -0.2) is 59.9 Å². The normalized spacial score (nSPS) is 25.9. The van der Waals surface area contributed by atoms with Gasteiger partial charge in [0.05, 0.1) is 54.5 Å². The van der Waals surface area contributed by atoms with Gasteiger partial charge in [0.2, 0.25) is 0 Å². The van der Waals surface area contributed by atoms with Crippen molar-refractivity contribution in [2.24, 2.45) is 0 Å². The summed E-state index contributed by atoms with van der Waals surface area (Å²) >= 11 is 0. The molecule has 3 saturated heterocycles. The van der Waals surface area contributed by atoms with E-state index in [1.54, 1.807) is 0 Å². The van der Waals surface area contributed by atoms with Gasteiger partial charge in [0, 0.05) is 6.07 Å². The Morgan fingerprint density at radius 1 is 1.00 bits per heavy atom. The third kappa shape index (κ3) is 2.71. The number of fused-ring (bicyclic) bond motifs is 5. The first-order valence-corrected chi connectivity index (χ1v) is 10.0. The van der Waals surface area contributed by atoms with Gasteiger partial charge in [-0.25, -0.2) is 14.4 Å². The molecule has 12 heteroatoms. The van der Waals surface area contributed by atoms with Gasteiger partial charge >= 0.3 is 6.18 Å². The summed E-state index contributed by atoms with van der Waals surface area (Å²) in [4.78, 5) is 25.9. The molecule has 4 unspecified atom stereocenters. The van der Waals surface area contributed by atoms with Crippen LogP contribution in [0.2, 0.25) is 0 Å². The minimum absolute atomic E-state index is 0.0181. The molecule has 2 bridgehead atoms. The topological polar surface area (TPSA) is 79.8 Å². The van der Waals surface area contributed by atoms with Gasteiger partial charge < -0.3 is 9.80 Å². The quantitative estimate of drug-likeness (QED) is 0.455. The van der Waals surface area contributed by atoms with E-state index >= 15 is 0 Å². The van der Waals surface area contributed by atoms with E-state index in [9.17, 15) is 22.4 Å². The van der Waals surface area contributed by atoms with E-state index in [0.717, 1.165) is 25.2 Å². The fourth-order valence-electron chi connectivity index (χ4n) is 5.17. The number of rotatable bonds is 3. The number of nitrogens with zero attached hydrogens (tertiary/aromatic N) is 7. The van der Waals surface area contributed by atoms with E-state index in [2.05, 4.69) is 20.2 Å². The molecule has 0 aliphatic carbocycles. The second kappa shape index (κ2) is 6.47. The van der Waals surface area contributed by atoms with Gasteiger partial charge in [-0.1, -0.05) is 0 Å². The van der Waals surface area contributed by atoms with Crippen molar-refractivity contribution in [3.8, 4) is 5.69 Å². The van der Waals surface area contributed by atoms with Gasteiger partial charge in [0.1, 0.15) is 17.3 Å². The largest absolute Gasteiger partial charge is 0.434 e. The van der Waals surface area contributed by atoms with Crippen LogP contribution in [0.4, 0.5) is 23.4 Å². The molecular weight excluding hydrogens is 430 g/mol. The van der Waals surface area contributed by atoms with Crippen LogP contribution in [0, 0.1) is 5.82 Å². The fourth-order valence-corrected chi connectivity index (χ4v) is 5.17. The molecule has 3 fully saturated rings. The van der Waals surface area contributed by atoms with Crippen LogP contribution in [0.15, 0.2) is 43.0 Å². The zero-order valence-electron chi connectivity index (χ0n) is 16.3. The first-order valence-electron chi connectivity index (χ1n) is 10.0. The van der Waals surface area contributed by atoms with E-state index in [-0.39, 0.29) is 35.8 Å². The van der Waals surface area contributed by atoms with Crippen molar-refractivity contribution in [2.75, 3.05) is 4.90 Å². The molecule has 32 heavy (non-hydrogen) atoms. The Kier molecular flexibility index (Phi) is 3.87. The maximum absolute atomic E-state index is 13.9. The summed E-state index contributed by atoms with van der Waals surface area (Å²) < 4.78 is 52.2. The standard InChI is InChI=1S/C20H15F4N7O/c21-10-1-2-11(14(7-10)31-27-5-6-28-31)19(32)29-12-3-4-13(29)18-17(12)30(18)16-9-25-15(8-26-16)20(22,23)24/h1-2,5-9,12-13,17-18H,3-4H2. The van der Waals surface area contributed by atoms with Gasteiger partial charge in [0.25, 0.3) is 5.91 Å². The highest BCUT2D eigenvalue weighted by Gasteiger charge is 2.69. The number of alkyl halides is 3. The van der Waals surface area contributed by atoms with Crippen molar-refractivity contribution in [3.05, 3.63) is 60.1 Å². The highest BCUT2D eigenvalue weighted by molar-refractivity contribution is 5.99. The summed E-state index contributed by atoms with van der Waals surface area (Å²) in [6.07, 6.45) is 1.76. The molecule has 6 rings (SSSR count). The molecule has 2 aromatic heterocycles. The molecule has 0 N–H and O–H groups in total. The average molecular weight is 445 g/mol. The van der Waals surface area contributed by atoms with Crippen molar-refractivity contribution < 1.29 is 22.4 Å². The van der Waals surface area contributed by atoms with Crippen LogP contribution in [0.5, 0.6) is 0 Å². The zero-order chi connectivity index (χ0) is 22.2. The minimum atomic E-state index is -4.54. The molecule has 0 radical (unpaired) electrons. The summed E-state index contributed by atoms with van der Waals surface area (Å²) in [5.41, 5.74) is -0.490. The van der Waals surface area contributed by atoms with Crippen LogP contribution in [-0.2, 0) is 6.18 Å². The number of hydrogen-bond acceptors (Lipinski definition) is 6. The van der Waals surface area contributed by atoms with Crippen molar-refractivity contribution in [1.29, 1.82) is 0 Å². The lowest BCUT2D eigenvalue weighted by Crippen LogP contribution is -2.43. The third-order valence-corrected chi connectivity index (χ3v) is 6.42. The summed E-state index contributed by atoms with van der Waals surface area (Å²) in [5, 5.41) is 8.03. The zero-order valence-corrected chi connectivity index (χ0v) is 16.3. The number of amides is 1. The Bertz CT molecular complexity index is 1180. The smallest absolute Gasteiger partial charge is 0.341 e. The highest BCUT2D eigenvalue weighted by Crippen LogP contribution is 2.54. The summed E-state index contributed by atoms with van der Waals surface area (Å²) in [5.74, 6) is -0.371. The Hall–Kier alpha value is -3.57. The van der Waals surface area contributed by atoms with Crippen LogP contribution in [0.3, 0.4) is 0 Å². The first kappa shape index (κ1) is 19.1. The predicted molar refractivity (Wildman–Crippen MR) is 101 cm³/mol. The van der Waals surface area contributed by atoms with E-state index in [1.165, 1.54) is 35.4 Å². The molecule has 5 heterocycles. The van der Waals surface area contributed by atoms with E-state index in [0.29, 0.717) is 11.4 Å². The molecule has 3 aromatic rings. The molecule has 8 nitrogen and oxygen atoms in total. The number of piperazine rings is 1. The third-order valence-electron chi connectivity index (χ3n) is 6.42. The van der Waals surface area contributed by atoms with Crippen molar-refractivity contribution >= 4 is 11.7 Å². The molecule has 0 saturated carbocycles. The van der Waals surface area contributed by atoms with Gasteiger partial charge in [-0.05, 0) is 25.0 Å². The van der Waals surface area contributed by atoms with Crippen LogP contribution in [0.1, 0.15) is 28.9 Å². The number of benzene rings is 1. The maximum atomic E-state index is 13.9. The van der Waals surface area contributed by atoms with E-state index in [4.69, 9.17) is 0 Å². The Morgan fingerprint density at radius 3 is 2.28 bits per heavy atom. The number of carbonyl (C=O) groups excluding carboxylic acids is 1. The second-order valence-electron chi connectivity index (χ2n) is 8.05. The van der Waals surface area contributed by atoms with Crippen molar-refractivity contribution in [3.63, 3.8) is 0 Å². The van der Waals surface area contributed by atoms with E-state index in [1.807, 2.05) is 9.80 Å². The van der Waals surface area contributed by atoms with Crippen LogP contribution >= 0.6 is 0 Å². The van der Waals surface area contributed by atoms with Crippen molar-refractivity contribution in [1.82, 2.24) is 29.9 Å². The second-order valence-corrected chi connectivity index (χ2v) is 8.05. The molecular formula is C20H15F4N7O. The van der Waals surface area contributed by atoms with Crippen molar-refractivity contribution in [2.45, 2.75) is 43.2 Å². The Morgan fingerprint density at radius 2 is 1.69 bits per heavy atom. The Labute approximate surface area is 178 Å². The predicted octanol–water partition coefficient (Wildman–Crippen LogP) is 2.46. The lowest BCUT2D eigenvalue weighted by molar-refractivity contribution is -0.141. The number of anilines is 1. The minimum Gasteiger partial charge on any atom is -0.341 e. The molecule has 0 spiro atoms. The average Bonchev–Trinajstić information content (AvgIpc) is 3.12. The highest BCUT2D eigenvalue weighted by atomic mass is 19.4. The molecule has 3 aliphatic heterocycles. The van der Waals surface area contributed by atoms with Crippen LogP contribution < -0.4 is 4.90 Å². The van der Waals surface area contributed by atoms with E-state index < -0.39 is 17.7 Å². The Balaban J connectivity index is 1.27. The molecule has 1 aromatic carbocycles. The molecule has 164 valence electrons. The van der Waals surface area contributed by atoms with Gasteiger partial charge in [-0.3, -0.25) is 4.79 Å². The maximum Gasteiger partial charge on any atom is 0.434 e. The molecule has 1 amide bonds. The molecule has 3 aliphatic rings. The lowest BCUT2D eigenvalue weighted by atomic mass is 10.0. The van der Waals surface area contributed by atoms with Gasteiger partial charge in [0.15, 0.2) is 5.69 Å². The number of carbonyl (C=O) groups is 1. The molecule has 4 atom stereocenters. The fraction of sp³-hybridized carbons (Fsp3) is 0.350. The summed E-state index contributed by atoms with van der Waals surface area (Å²) in [6, 6.07) is 3.62. The number of aromatic nitrogens is 5. The number of halogens is 4. The first-order chi connectivity index (χ1) is 15.3. The SMILES string of the molecule is O=C(c1ccc(F)cc1-n1nccn1)N1C2CCC1C1C2N1c1cnc(C(F)(F)F)cn1.